The topological polar surface area (TPSA) is 29.0 Å². The Morgan fingerprint density at radius 1 is 1.19 bits per heavy atom. The molecule has 1 rings (SSSR count). The minimum Gasteiger partial charge on any atom is -0.355 e. The number of anilines is 1. The fraction of sp³-hybridized carbons (Fsp3) is 0.600. The molecule has 0 N–H and O–H groups in total. The van der Waals surface area contributed by atoms with Gasteiger partial charge in [0.1, 0.15) is 5.82 Å². The molecule has 0 radical (unpaired) electrons. The van der Waals surface area contributed by atoms with Gasteiger partial charge in [0.2, 0.25) is 5.82 Å². The van der Waals surface area contributed by atoms with Crippen LogP contribution in [0.4, 0.5) is 19.0 Å². The van der Waals surface area contributed by atoms with E-state index in [0.29, 0.717) is 0 Å². The second kappa shape index (κ2) is 3.92. The van der Waals surface area contributed by atoms with Gasteiger partial charge < -0.3 is 4.90 Å². The Morgan fingerprint density at radius 3 is 2.19 bits per heavy atom. The molecule has 6 heteroatoms. The van der Waals surface area contributed by atoms with Gasteiger partial charge in [-0.3, -0.25) is 0 Å². The van der Waals surface area contributed by atoms with Gasteiger partial charge in [-0.2, -0.15) is 13.2 Å². The zero-order chi connectivity index (χ0) is 12.6. The standard InChI is InChI=1S/C10H14F3N3/c1-9(2,3)16(4)7-5-6-14-8(15-7)10(11,12)13/h5-6H,1-4H3. The number of hydrogen-bond donors (Lipinski definition) is 0. The van der Waals surface area contributed by atoms with E-state index < -0.39 is 12.0 Å². The lowest BCUT2D eigenvalue weighted by atomic mass is 10.1. The molecule has 0 fully saturated rings. The monoisotopic (exact) mass is 233 g/mol. The van der Waals surface area contributed by atoms with Crippen molar-refractivity contribution < 1.29 is 13.2 Å². The molecule has 90 valence electrons. The second-order valence-electron chi connectivity index (χ2n) is 4.47. The lowest BCUT2D eigenvalue weighted by molar-refractivity contribution is -0.144. The molecule has 0 atom stereocenters. The van der Waals surface area contributed by atoms with Gasteiger partial charge in [-0.25, -0.2) is 9.97 Å². The van der Waals surface area contributed by atoms with Crippen molar-refractivity contribution in [3.8, 4) is 0 Å². The van der Waals surface area contributed by atoms with Crippen LogP contribution in [-0.4, -0.2) is 22.6 Å². The van der Waals surface area contributed by atoms with Gasteiger partial charge in [0.15, 0.2) is 0 Å². The first-order valence-corrected chi connectivity index (χ1v) is 4.76. The van der Waals surface area contributed by atoms with Crippen molar-refractivity contribution in [2.24, 2.45) is 0 Å². The van der Waals surface area contributed by atoms with Crippen molar-refractivity contribution in [1.82, 2.24) is 9.97 Å². The Bertz CT molecular complexity index is 368. The minimum atomic E-state index is -4.51. The number of hydrogen-bond acceptors (Lipinski definition) is 3. The molecule has 0 saturated heterocycles. The number of alkyl halides is 3. The van der Waals surface area contributed by atoms with E-state index in [1.807, 2.05) is 20.8 Å². The Hall–Kier alpha value is -1.33. The summed E-state index contributed by atoms with van der Waals surface area (Å²) in [6.45, 7) is 5.67. The van der Waals surface area contributed by atoms with Gasteiger partial charge in [-0.05, 0) is 26.8 Å². The zero-order valence-electron chi connectivity index (χ0n) is 9.63. The summed E-state index contributed by atoms with van der Waals surface area (Å²) in [5.74, 6) is -0.851. The van der Waals surface area contributed by atoms with Crippen LogP contribution in [0.5, 0.6) is 0 Å². The fourth-order valence-corrected chi connectivity index (χ4v) is 1.02. The van der Waals surface area contributed by atoms with E-state index in [1.54, 1.807) is 11.9 Å². The molecule has 0 amide bonds. The Morgan fingerprint density at radius 2 is 1.75 bits per heavy atom. The van der Waals surface area contributed by atoms with Gasteiger partial charge in [-0.15, -0.1) is 0 Å². The third-order valence-electron chi connectivity index (χ3n) is 2.24. The van der Waals surface area contributed by atoms with Gasteiger partial charge >= 0.3 is 6.18 Å². The van der Waals surface area contributed by atoms with Gasteiger partial charge in [-0.1, -0.05) is 0 Å². The molecule has 0 aliphatic rings. The first-order valence-electron chi connectivity index (χ1n) is 4.76. The normalized spacial score (nSPS) is 12.7. The van der Waals surface area contributed by atoms with Crippen molar-refractivity contribution in [3.05, 3.63) is 18.1 Å². The van der Waals surface area contributed by atoms with E-state index in [4.69, 9.17) is 0 Å². The van der Waals surface area contributed by atoms with E-state index in [-0.39, 0.29) is 11.4 Å². The summed E-state index contributed by atoms with van der Waals surface area (Å²) >= 11 is 0. The van der Waals surface area contributed by atoms with Crippen LogP contribution in [0, 0.1) is 0 Å². The van der Waals surface area contributed by atoms with Crippen molar-refractivity contribution in [3.63, 3.8) is 0 Å². The molecular formula is C10H14F3N3. The third kappa shape index (κ3) is 2.84. The molecule has 0 bridgehead atoms. The highest BCUT2D eigenvalue weighted by atomic mass is 19.4. The zero-order valence-corrected chi connectivity index (χ0v) is 9.63. The highest BCUT2D eigenvalue weighted by Gasteiger charge is 2.35. The summed E-state index contributed by atoms with van der Waals surface area (Å²) in [7, 11) is 1.70. The summed E-state index contributed by atoms with van der Waals surface area (Å²) < 4.78 is 37.2. The molecule has 0 aliphatic heterocycles. The lowest BCUT2D eigenvalue weighted by Crippen LogP contribution is -2.38. The predicted octanol–water partition coefficient (Wildman–Crippen LogP) is 2.73. The lowest BCUT2D eigenvalue weighted by Gasteiger charge is -2.33. The van der Waals surface area contributed by atoms with E-state index in [9.17, 15) is 13.2 Å². The van der Waals surface area contributed by atoms with Crippen LogP contribution < -0.4 is 4.90 Å². The SMILES string of the molecule is CN(c1ccnc(C(F)(F)F)n1)C(C)(C)C. The van der Waals surface area contributed by atoms with Gasteiger partial charge in [0.25, 0.3) is 0 Å². The molecule has 0 aliphatic carbocycles. The van der Waals surface area contributed by atoms with Crippen molar-refractivity contribution in [2.45, 2.75) is 32.5 Å². The molecule has 0 unspecified atom stereocenters. The predicted molar refractivity (Wildman–Crippen MR) is 55.2 cm³/mol. The number of nitrogens with zero attached hydrogens (tertiary/aromatic N) is 3. The first kappa shape index (κ1) is 12.7. The van der Waals surface area contributed by atoms with Crippen LogP contribution in [0.2, 0.25) is 0 Å². The molecule has 1 heterocycles. The van der Waals surface area contributed by atoms with Crippen LogP contribution >= 0.6 is 0 Å². The maximum absolute atomic E-state index is 12.4. The molecule has 1 aromatic rings. The summed E-state index contributed by atoms with van der Waals surface area (Å²) in [5.41, 5.74) is -0.294. The molecule has 0 spiro atoms. The average Bonchev–Trinajstić information content (AvgIpc) is 2.14. The van der Waals surface area contributed by atoms with Gasteiger partial charge in [0.05, 0.1) is 0 Å². The first-order chi connectivity index (χ1) is 7.12. The highest BCUT2D eigenvalue weighted by Crippen LogP contribution is 2.28. The molecule has 0 aromatic carbocycles. The maximum atomic E-state index is 12.4. The molecule has 0 saturated carbocycles. The Balaban J connectivity index is 3.09. The second-order valence-corrected chi connectivity index (χ2v) is 4.47. The van der Waals surface area contributed by atoms with E-state index in [2.05, 4.69) is 9.97 Å². The number of rotatable bonds is 1. The van der Waals surface area contributed by atoms with E-state index in [1.165, 1.54) is 6.07 Å². The van der Waals surface area contributed by atoms with Crippen molar-refractivity contribution >= 4 is 5.82 Å². The summed E-state index contributed by atoms with van der Waals surface area (Å²) in [6.07, 6.45) is -3.39. The fourth-order valence-electron chi connectivity index (χ4n) is 1.02. The Labute approximate surface area is 92.3 Å². The van der Waals surface area contributed by atoms with Crippen LogP contribution in [0.15, 0.2) is 12.3 Å². The van der Waals surface area contributed by atoms with Crippen LogP contribution in [0.25, 0.3) is 0 Å². The van der Waals surface area contributed by atoms with Crippen LogP contribution in [0.1, 0.15) is 26.6 Å². The molecule has 1 aromatic heterocycles. The number of halogens is 3. The molecular weight excluding hydrogens is 219 g/mol. The van der Waals surface area contributed by atoms with Crippen molar-refractivity contribution in [1.29, 1.82) is 0 Å². The van der Waals surface area contributed by atoms with Crippen molar-refractivity contribution in [2.75, 3.05) is 11.9 Å². The quantitative estimate of drug-likeness (QED) is 0.746. The number of aromatic nitrogens is 2. The van der Waals surface area contributed by atoms with Gasteiger partial charge in [0, 0.05) is 18.8 Å². The largest absolute Gasteiger partial charge is 0.451 e. The third-order valence-corrected chi connectivity index (χ3v) is 2.24. The molecule has 16 heavy (non-hydrogen) atoms. The summed E-state index contributed by atoms with van der Waals surface area (Å²) in [4.78, 5) is 8.38. The minimum absolute atomic E-state index is 0.259. The van der Waals surface area contributed by atoms with Crippen LogP contribution in [-0.2, 0) is 6.18 Å². The van der Waals surface area contributed by atoms with E-state index in [0.717, 1.165) is 6.20 Å². The maximum Gasteiger partial charge on any atom is 0.451 e. The summed E-state index contributed by atoms with van der Waals surface area (Å²) in [6, 6.07) is 1.46. The summed E-state index contributed by atoms with van der Waals surface area (Å²) in [5, 5.41) is 0. The average molecular weight is 233 g/mol. The smallest absolute Gasteiger partial charge is 0.355 e. The Kier molecular flexibility index (Phi) is 3.12. The van der Waals surface area contributed by atoms with E-state index >= 15 is 0 Å². The highest BCUT2D eigenvalue weighted by molar-refractivity contribution is 5.39. The van der Waals surface area contributed by atoms with Crippen LogP contribution in [0.3, 0.4) is 0 Å². The molecule has 3 nitrogen and oxygen atoms in total.